The standard InChI is InChI=1S/C27H23F7N6O2/c28-20-10-18-15(9-19(20)23-36-11-16(12-37-23)26(29,30)31)5-8-39(25(18)42)6-1-3-17-4-2-7-40(17)21-13-35-14-38-24(41)22(21)27(32,33)34/h5,8-13,17H,1-4,6-7,14H2,(H,38,41)/t17-/m1/s1. The van der Waals surface area contributed by atoms with Crippen LogP contribution in [0.5, 0.6) is 0 Å². The van der Waals surface area contributed by atoms with Crippen molar-refractivity contribution in [3.8, 4) is 11.4 Å². The number of hydrogen-bond acceptors (Lipinski definition) is 6. The van der Waals surface area contributed by atoms with Crippen LogP contribution in [0.2, 0.25) is 0 Å². The predicted molar refractivity (Wildman–Crippen MR) is 138 cm³/mol. The number of amides is 1. The number of aliphatic imine (C=N–C) groups is 1. The van der Waals surface area contributed by atoms with Gasteiger partial charge in [0.2, 0.25) is 0 Å². The lowest BCUT2D eigenvalue weighted by molar-refractivity contribution is -0.138. The van der Waals surface area contributed by atoms with E-state index in [0.717, 1.165) is 12.3 Å². The largest absolute Gasteiger partial charge is 0.423 e. The first-order valence-electron chi connectivity index (χ1n) is 12.9. The molecule has 0 radical (unpaired) electrons. The third-order valence-electron chi connectivity index (χ3n) is 7.22. The third-order valence-corrected chi connectivity index (χ3v) is 7.22. The number of hydrogen-bond donors (Lipinski definition) is 1. The minimum Gasteiger partial charge on any atom is -0.367 e. The Morgan fingerprint density at radius 1 is 1.02 bits per heavy atom. The summed E-state index contributed by atoms with van der Waals surface area (Å²) in [6, 6.07) is 3.50. The number of rotatable bonds is 6. The van der Waals surface area contributed by atoms with Gasteiger partial charge in [-0.1, -0.05) is 0 Å². The molecule has 0 spiro atoms. The number of nitrogens with one attached hydrogen (secondary N) is 1. The van der Waals surface area contributed by atoms with E-state index in [1.54, 1.807) is 11.0 Å². The van der Waals surface area contributed by atoms with Crippen LogP contribution in [0.4, 0.5) is 30.7 Å². The van der Waals surface area contributed by atoms with E-state index >= 15 is 0 Å². The van der Waals surface area contributed by atoms with Crippen LogP contribution < -0.4 is 10.9 Å². The van der Waals surface area contributed by atoms with Crippen LogP contribution in [0.1, 0.15) is 31.2 Å². The summed E-state index contributed by atoms with van der Waals surface area (Å²) in [6.45, 7) is 0.258. The molecule has 8 nitrogen and oxygen atoms in total. The summed E-state index contributed by atoms with van der Waals surface area (Å²) in [5.74, 6) is -2.39. The molecule has 222 valence electrons. The van der Waals surface area contributed by atoms with E-state index in [9.17, 15) is 40.3 Å². The average molecular weight is 597 g/mol. The van der Waals surface area contributed by atoms with Crippen molar-refractivity contribution < 1.29 is 35.5 Å². The fourth-order valence-electron chi connectivity index (χ4n) is 5.23. The van der Waals surface area contributed by atoms with Crippen LogP contribution in [0.15, 0.2) is 57.8 Å². The van der Waals surface area contributed by atoms with E-state index in [1.165, 1.54) is 16.8 Å². The van der Waals surface area contributed by atoms with Crippen LogP contribution in [-0.2, 0) is 17.5 Å². The molecule has 4 heterocycles. The summed E-state index contributed by atoms with van der Waals surface area (Å²) >= 11 is 0. The number of halogens is 7. The number of carbonyl (C=O) groups is 1. The number of pyridine rings is 1. The Kier molecular flexibility index (Phi) is 7.77. The number of aromatic nitrogens is 3. The fourth-order valence-corrected chi connectivity index (χ4v) is 5.23. The second-order valence-corrected chi connectivity index (χ2v) is 9.89. The SMILES string of the molecule is O=C1NCN=CC(N2CCC[C@H]2CCCn2ccc3cc(-c4ncc(C(F)(F)F)cn4)c(F)cc3c2=O)=C1C(F)(F)F. The first-order chi connectivity index (χ1) is 19.8. The zero-order valence-electron chi connectivity index (χ0n) is 21.8. The Bertz CT molecular complexity index is 1630. The smallest absolute Gasteiger partial charge is 0.367 e. The summed E-state index contributed by atoms with van der Waals surface area (Å²) in [5, 5.41) is 2.49. The molecule has 5 rings (SSSR count). The van der Waals surface area contributed by atoms with E-state index in [2.05, 4.69) is 20.3 Å². The monoisotopic (exact) mass is 596 g/mol. The van der Waals surface area contributed by atoms with Gasteiger partial charge in [0, 0.05) is 43.9 Å². The molecule has 1 amide bonds. The molecule has 1 fully saturated rings. The summed E-state index contributed by atoms with van der Waals surface area (Å²) in [5.41, 5.74) is -3.32. The molecular formula is C27H23F7N6O2. The Labute approximate surface area is 233 Å². The van der Waals surface area contributed by atoms with Gasteiger partial charge in [-0.05, 0) is 49.3 Å². The number of nitrogens with zero attached hydrogens (tertiary/aromatic N) is 5. The van der Waals surface area contributed by atoms with Crippen LogP contribution >= 0.6 is 0 Å². The molecule has 1 N–H and O–H groups in total. The predicted octanol–water partition coefficient (Wildman–Crippen LogP) is 4.84. The molecule has 15 heteroatoms. The van der Waals surface area contributed by atoms with Crippen molar-refractivity contribution in [3.63, 3.8) is 0 Å². The van der Waals surface area contributed by atoms with E-state index in [0.29, 0.717) is 50.0 Å². The Morgan fingerprint density at radius 3 is 2.45 bits per heavy atom. The molecule has 0 unspecified atom stereocenters. The Morgan fingerprint density at radius 2 is 1.76 bits per heavy atom. The van der Waals surface area contributed by atoms with Crippen molar-refractivity contribution in [1.29, 1.82) is 0 Å². The zero-order chi connectivity index (χ0) is 30.2. The zero-order valence-corrected chi connectivity index (χ0v) is 21.8. The molecule has 2 aromatic heterocycles. The van der Waals surface area contributed by atoms with Crippen LogP contribution in [0.3, 0.4) is 0 Å². The lowest BCUT2D eigenvalue weighted by Gasteiger charge is -2.29. The summed E-state index contributed by atoms with van der Waals surface area (Å²) < 4.78 is 95.9. The summed E-state index contributed by atoms with van der Waals surface area (Å²) in [7, 11) is 0. The lowest BCUT2D eigenvalue weighted by atomic mass is 10.1. The summed E-state index contributed by atoms with van der Waals surface area (Å²) in [6.07, 6.45) is -3.81. The van der Waals surface area contributed by atoms with Crippen molar-refractivity contribution in [2.24, 2.45) is 4.99 Å². The maximum absolute atomic E-state index is 14.9. The highest BCUT2D eigenvalue weighted by atomic mass is 19.4. The van der Waals surface area contributed by atoms with Crippen LogP contribution in [0.25, 0.3) is 22.2 Å². The Hall–Kier alpha value is -4.30. The Balaban J connectivity index is 1.33. The number of carbonyl (C=O) groups excluding carboxylic acids is 1. The van der Waals surface area contributed by atoms with Gasteiger partial charge >= 0.3 is 12.4 Å². The molecule has 0 bridgehead atoms. The van der Waals surface area contributed by atoms with Gasteiger partial charge in [-0.2, -0.15) is 26.3 Å². The molecule has 3 aromatic rings. The molecule has 0 aliphatic carbocycles. The van der Waals surface area contributed by atoms with E-state index < -0.39 is 40.8 Å². The van der Waals surface area contributed by atoms with Crippen LogP contribution in [-0.4, -0.2) is 57.0 Å². The van der Waals surface area contributed by atoms with Gasteiger partial charge in [0.05, 0.1) is 22.2 Å². The minimum atomic E-state index is -4.87. The molecule has 2 aliphatic rings. The second kappa shape index (κ2) is 11.2. The fraction of sp³-hybridized carbons (Fsp3) is 0.370. The number of aryl methyl sites for hydroxylation is 1. The maximum Gasteiger partial charge on any atom is 0.423 e. The molecule has 1 saturated heterocycles. The molecule has 42 heavy (non-hydrogen) atoms. The lowest BCUT2D eigenvalue weighted by Crippen LogP contribution is -2.37. The van der Waals surface area contributed by atoms with Crippen molar-refractivity contribution in [1.82, 2.24) is 24.8 Å². The first kappa shape index (κ1) is 29.2. The first-order valence-corrected chi connectivity index (χ1v) is 12.9. The average Bonchev–Trinajstić information content (AvgIpc) is 3.29. The second-order valence-electron chi connectivity index (χ2n) is 9.89. The highest BCUT2D eigenvalue weighted by molar-refractivity contribution is 6.01. The van der Waals surface area contributed by atoms with Crippen LogP contribution in [0, 0.1) is 5.82 Å². The van der Waals surface area contributed by atoms with Gasteiger partial charge in [-0.15, -0.1) is 0 Å². The molecular weight excluding hydrogens is 573 g/mol. The number of likely N-dealkylation sites (tertiary alicyclic amines) is 1. The van der Waals surface area contributed by atoms with Crippen molar-refractivity contribution in [2.75, 3.05) is 13.2 Å². The topological polar surface area (TPSA) is 92.5 Å². The van der Waals surface area contributed by atoms with Crippen molar-refractivity contribution in [3.05, 3.63) is 69.8 Å². The minimum absolute atomic E-state index is 0.0359. The van der Waals surface area contributed by atoms with E-state index in [4.69, 9.17) is 0 Å². The van der Waals surface area contributed by atoms with Gasteiger partial charge < -0.3 is 14.8 Å². The summed E-state index contributed by atoms with van der Waals surface area (Å²) in [4.78, 5) is 37.9. The van der Waals surface area contributed by atoms with Gasteiger partial charge in [-0.25, -0.2) is 14.4 Å². The van der Waals surface area contributed by atoms with Gasteiger partial charge in [0.15, 0.2) is 5.82 Å². The number of allylic oxidation sites excluding steroid dienone is 1. The number of benzene rings is 1. The van der Waals surface area contributed by atoms with Gasteiger partial charge in [0.25, 0.3) is 11.5 Å². The maximum atomic E-state index is 14.9. The highest BCUT2D eigenvalue weighted by Gasteiger charge is 2.44. The molecule has 0 saturated carbocycles. The molecule has 1 atom stereocenters. The van der Waals surface area contributed by atoms with E-state index in [1.807, 2.05) is 0 Å². The van der Waals surface area contributed by atoms with Crippen molar-refractivity contribution in [2.45, 2.75) is 50.6 Å². The third kappa shape index (κ3) is 5.85. The molecule has 2 aliphatic heterocycles. The highest BCUT2D eigenvalue weighted by Crippen LogP contribution is 2.34. The normalized spacial score (nSPS) is 18.1. The van der Waals surface area contributed by atoms with Gasteiger partial charge in [-0.3, -0.25) is 14.6 Å². The van der Waals surface area contributed by atoms with E-state index in [-0.39, 0.29) is 41.7 Å². The molecule has 1 aromatic carbocycles. The van der Waals surface area contributed by atoms with Gasteiger partial charge in [0.1, 0.15) is 18.1 Å². The number of alkyl halides is 6. The van der Waals surface area contributed by atoms with Crippen molar-refractivity contribution >= 4 is 22.9 Å². The quantitative estimate of drug-likeness (QED) is 0.412. The number of fused-ring (bicyclic) bond motifs is 1.